The Morgan fingerprint density at radius 2 is 1.84 bits per heavy atom. The number of urea groups is 1. The van der Waals surface area contributed by atoms with Crippen molar-refractivity contribution in [3.8, 4) is 0 Å². The molecule has 0 radical (unpaired) electrons. The summed E-state index contributed by atoms with van der Waals surface area (Å²) in [4.78, 5) is 27.2. The van der Waals surface area contributed by atoms with Gasteiger partial charge in [0.05, 0.1) is 0 Å². The second kappa shape index (κ2) is 7.57. The van der Waals surface area contributed by atoms with E-state index in [4.69, 9.17) is 0 Å². The van der Waals surface area contributed by atoms with Crippen LogP contribution in [0.3, 0.4) is 0 Å². The average Bonchev–Trinajstić information content (AvgIpc) is 2.97. The second-order valence-electron chi connectivity index (χ2n) is 5.63. The molecule has 3 amide bonds. The molecule has 0 bridgehead atoms. The Bertz CT molecular complexity index is 765. The molecular formula is C18H18FN3O2S. The van der Waals surface area contributed by atoms with E-state index in [1.54, 1.807) is 28.8 Å². The first-order valence-corrected chi connectivity index (χ1v) is 9.08. The number of carbonyl (C=O) groups excluding carboxylic acids is 2. The van der Waals surface area contributed by atoms with Crippen LogP contribution in [0.2, 0.25) is 0 Å². The molecule has 1 saturated heterocycles. The molecule has 130 valence electrons. The zero-order chi connectivity index (χ0) is 17.8. The Labute approximate surface area is 149 Å². The summed E-state index contributed by atoms with van der Waals surface area (Å²) in [5, 5.41) is 5.42. The first-order valence-electron chi connectivity index (χ1n) is 7.85. The molecule has 2 aromatic rings. The molecule has 3 rings (SSSR count). The van der Waals surface area contributed by atoms with Gasteiger partial charge in [-0.05, 0) is 61.2 Å². The molecule has 2 N–H and O–H groups in total. The lowest BCUT2D eigenvalue weighted by molar-refractivity contribution is -0.118. The van der Waals surface area contributed by atoms with Gasteiger partial charge in [-0.15, -0.1) is 11.8 Å². The van der Waals surface area contributed by atoms with E-state index < -0.39 is 12.1 Å². The molecule has 1 aliphatic rings. The van der Waals surface area contributed by atoms with Crippen molar-refractivity contribution in [2.45, 2.75) is 17.4 Å². The van der Waals surface area contributed by atoms with Gasteiger partial charge in [0.25, 0.3) is 0 Å². The highest BCUT2D eigenvalue weighted by Crippen LogP contribution is 2.22. The Morgan fingerprint density at radius 3 is 2.48 bits per heavy atom. The monoisotopic (exact) mass is 359 g/mol. The van der Waals surface area contributed by atoms with Crippen LogP contribution in [0.15, 0.2) is 53.4 Å². The molecule has 1 heterocycles. The number of benzene rings is 2. The predicted octanol–water partition coefficient (Wildman–Crippen LogP) is 3.47. The quantitative estimate of drug-likeness (QED) is 0.822. The van der Waals surface area contributed by atoms with E-state index in [2.05, 4.69) is 10.6 Å². The van der Waals surface area contributed by atoms with Crippen LogP contribution >= 0.6 is 11.8 Å². The van der Waals surface area contributed by atoms with E-state index in [-0.39, 0.29) is 11.7 Å². The number of nitrogens with zero attached hydrogens (tertiary/aromatic N) is 1. The molecular weight excluding hydrogens is 341 g/mol. The number of carbonyl (C=O) groups is 2. The van der Waals surface area contributed by atoms with Gasteiger partial charge in [0.15, 0.2) is 0 Å². The van der Waals surface area contributed by atoms with E-state index in [1.165, 1.54) is 12.1 Å². The summed E-state index contributed by atoms with van der Waals surface area (Å²) in [6.07, 6.45) is 2.49. The first-order chi connectivity index (χ1) is 12.1. The predicted molar refractivity (Wildman–Crippen MR) is 97.5 cm³/mol. The van der Waals surface area contributed by atoms with Crippen LogP contribution < -0.4 is 15.5 Å². The summed E-state index contributed by atoms with van der Waals surface area (Å²) in [6.45, 7) is 0.484. The molecule has 2 aromatic carbocycles. The number of rotatable bonds is 4. The Balaban J connectivity index is 1.58. The Morgan fingerprint density at radius 1 is 1.16 bits per heavy atom. The van der Waals surface area contributed by atoms with Crippen LogP contribution in [0.5, 0.6) is 0 Å². The number of anilines is 2. The molecule has 0 aliphatic carbocycles. The minimum absolute atomic E-state index is 0.195. The van der Waals surface area contributed by atoms with Gasteiger partial charge in [0, 0.05) is 22.8 Å². The van der Waals surface area contributed by atoms with Crippen LogP contribution in [0.4, 0.5) is 20.6 Å². The van der Waals surface area contributed by atoms with Crippen molar-refractivity contribution in [1.29, 1.82) is 0 Å². The number of nitrogens with one attached hydrogen (secondary N) is 2. The minimum Gasteiger partial charge on any atom is -0.326 e. The molecule has 7 heteroatoms. The largest absolute Gasteiger partial charge is 0.326 e. The van der Waals surface area contributed by atoms with E-state index in [9.17, 15) is 14.0 Å². The third-order valence-electron chi connectivity index (χ3n) is 4.00. The summed E-state index contributed by atoms with van der Waals surface area (Å²) in [5.41, 5.74) is 1.29. The third kappa shape index (κ3) is 4.11. The summed E-state index contributed by atoms with van der Waals surface area (Å²) in [5.74, 6) is -0.545. The fourth-order valence-electron chi connectivity index (χ4n) is 2.69. The van der Waals surface area contributed by atoms with Gasteiger partial charge in [-0.25, -0.2) is 9.18 Å². The van der Waals surface area contributed by atoms with Crippen molar-refractivity contribution in [3.05, 3.63) is 54.3 Å². The number of hydrogen-bond donors (Lipinski definition) is 2. The van der Waals surface area contributed by atoms with Crippen LogP contribution in [0, 0.1) is 5.82 Å². The normalized spacial score (nSPS) is 16.8. The van der Waals surface area contributed by atoms with Crippen molar-refractivity contribution in [2.24, 2.45) is 0 Å². The Kier molecular flexibility index (Phi) is 5.23. The molecule has 1 aliphatic heterocycles. The van der Waals surface area contributed by atoms with Gasteiger partial charge in [-0.1, -0.05) is 0 Å². The van der Waals surface area contributed by atoms with Gasteiger partial charge in [0.2, 0.25) is 5.91 Å². The van der Waals surface area contributed by atoms with Crippen LogP contribution in [0.1, 0.15) is 6.42 Å². The van der Waals surface area contributed by atoms with Crippen molar-refractivity contribution in [3.63, 3.8) is 0 Å². The summed E-state index contributed by atoms with van der Waals surface area (Å²) in [7, 11) is 0. The number of halogens is 1. The van der Waals surface area contributed by atoms with Crippen LogP contribution in [0.25, 0.3) is 0 Å². The van der Waals surface area contributed by atoms with Crippen molar-refractivity contribution < 1.29 is 14.0 Å². The highest BCUT2D eigenvalue weighted by Gasteiger charge is 2.33. The van der Waals surface area contributed by atoms with Gasteiger partial charge >= 0.3 is 6.03 Å². The van der Waals surface area contributed by atoms with Crippen LogP contribution in [-0.2, 0) is 4.79 Å². The third-order valence-corrected chi connectivity index (χ3v) is 4.74. The number of amides is 3. The molecule has 25 heavy (non-hydrogen) atoms. The number of hydrogen-bond acceptors (Lipinski definition) is 3. The van der Waals surface area contributed by atoms with E-state index in [0.29, 0.717) is 24.3 Å². The minimum atomic E-state index is -0.587. The summed E-state index contributed by atoms with van der Waals surface area (Å²) < 4.78 is 13.0. The van der Waals surface area contributed by atoms with Gasteiger partial charge in [-0.2, -0.15) is 0 Å². The van der Waals surface area contributed by atoms with Crippen molar-refractivity contribution >= 4 is 35.1 Å². The number of thioether (sulfide) groups is 1. The SMILES string of the molecule is CSc1ccc(NC(=O)NC2CCN(c3ccc(F)cc3)C2=O)cc1. The highest BCUT2D eigenvalue weighted by molar-refractivity contribution is 7.98. The van der Waals surface area contributed by atoms with Gasteiger partial charge in [-0.3, -0.25) is 4.79 Å². The maximum atomic E-state index is 13.0. The molecule has 1 atom stereocenters. The molecule has 0 aromatic heterocycles. The van der Waals surface area contributed by atoms with Gasteiger partial charge < -0.3 is 15.5 Å². The summed E-state index contributed by atoms with van der Waals surface area (Å²) in [6, 6.07) is 12.2. The molecule has 1 unspecified atom stereocenters. The molecule has 1 fully saturated rings. The highest BCUT2D eigenvalue weighted by atomic mass is 32.2. The van der Waals surface area contributed by atoms with E-state index in [0.717, 1.165) is 4.90 Å². The zero-order valence-corrected chi connectivity index (χ0v) is 14.5. The molecule has 5 nitrogen and oxygen atoms in total. The topological polar surface area (TPSA) is 61.4 Å². The lowest BCUT2D eigenvalue weighted by Gasteiger charge is -2.17. The smallest absolute Gasteiger partial charge is 0.319 e. The van der Waals surface area contributed by atoms with Gasteiger partial charge in [0.1, 0.15) is 11.9 Å². The van der Waals surface area contributed by atoms with E-state index in [1.807, 2.05) is 30.5 Å². The lowest BCUT2D eigenvalue weighted by Crippen LogP contribution is -2.43. The van der Waals surface area contributed by atoms with E-state index >= 15 is 0 Å². The summed E-state index contributed by atoms with van der Waals surface area (Å²) >= 11 is 1.62. The fraction of sp³-hybridized carbons (Fsp3) is 0.222. The van der Waals surface area contributed by atoms with Crippen molar-refractivity contribution in [1.82, 2.24) is 5.32 Å². The maximum absolute atomic E-state index is 13.0. The van der Waals surface area contributed by atoms with Crippen molar-refractivity contribution in [2.75, 3.05) is 23.0 Å². The van der Waals surface area contributed by atoms with Crippen LogP contribution in [-0.4, -0.2) is 30.8 Å². The molecule has 0 saturated carbocycles. The first kappa shape index (κ1) is 17.3. The maximum Gasteiger partial charge on any atom is 0.319 e. The average molecular weight is 359 g/mol. The lowest BCUT2D eigenvalue weighted by atomic mass is 10.2. The molecule has 0 spiro atoms. The zero-order valence-electron chi connectivity index (χ0n) is 13.7. The standard InChI is InChI=1S/C18H18FN3O2S/c1-25-15-8-4-13(5-9-15)20-18(24)21-16-10-11-22(17(16)23)14-6-2-12(19)3-7-14/h2-9,16H,10-11H2,1H3,(H2,20,21,24). The second-order valence-corrected chi connectivity index (χ2v) is 6.51. The fourth-order valence-corrected chi connectivity index (χ4v) is 3.10. The Hall–Kier alpha value is -2.54.